The second-order valence-corrected chi connectivity index (χ2v) is 6.99. The van der Waals surface area contributed by atoms with Crippen molar-refractivity contribution in [3.63, 3.8) is 0 Å². The fourth-order valence-corrected chi connectivity index (χ4v) is 3.59. The molecule has 3 nitrogen and oxygen atoms in total. The van der Waals surface area contributed by atoms with Gasteiger partial charge in [-0.2, -0.15) is 0 Å². The van der Waals surface area contributed by atoms with Crippen LogP contribution in [0.25, 0.3) is 0 Å². The SMILES string of the molecule is C[C@H](CNC1CCN([C@@H](C)c2ccncc2)CC1)c1ccccc1. The van der Waals surface area contributed by atoms with Gasteiger partial charge in [0.2, 0.25) is 0 Å². The van der Waals surface area contributed by atoms with Crippen molar-refractivity contribution >= 4 is 0 Å². The topological polar surface area (TPSA) is 28.2 Å². The van der Waals surface area contributed by atoms with E-state index in [4.69, 9.17) is 0 Å². The Morgan fingerprint density at radius 3 is 2.33 bits per heavy atom. The molecule has 1 aliphatic rings. The molecule has 0 spiro atoms. The van der Waals surface area contributed by atoms with Crippen molar-refractivity contribution in [3.8, 4) is 0 Å². The Morgan fingerprint density at radius 1 is 1.00 bits per heavy atom. The number of hydrogen-bond acceptors (Lipinski definition) is 3. The van der Waals surface area contributed by atoms with Crippen molar-refractivity contribution in [2.45, 2.75) is 44.7 Å². The molecule has 3 rings (SSSR count). The molecule has 0 radical (unpaired) electrons. The minimum absolute atomic E-state index is 0.484. The maximum Gasteiger partial charge on any atom is 0.0321 e. The Bertz CT molecular complexity index is 591. The molecule has 1 fully saturated rings. The number of likely N-dealkylation sites (tertiary alicyclic amines) is 1. The minimum atomic E-state index is 0.484. The van der Waals surface area contributed by atoms with E-state index in [1.165, 1.54) is 37.1 Å². The van der Waals surface area contributed by atoms with Crippen LogP contribution in [0.3, 0.4) is 0 Å². The van der Waals surface area contributed by atoms with Gasteiger partial charge in [0.1, 0.15) is 0 Å². The third-order valence-corrected chi connectivity index (χ3v) is 5.35. The smallest absolute Gasteiger partial charge is 0.0321 e. The number of nitrogens with one attached hydrogen (secondary N) is 1. The van der Waals surface area contributed by atoms with Gasteiger partial charge < -0.3 is 5.32 Å². The highest BCUT2D eigenvalue weighted by Gasteiger charge is 2.23. The van der Waals surface area contributed by atoms with Crippen LogP contribution in [0, 0.1) is 0 Å². The zero-order valence-electron chi connectivity index (χ0n) is 14.9. The van der Waals surface area contributed by atoms with Gasteiger partial charge in [-0.3, -0.25) is 9.88 Å². The summed E-state index contributed by atoms with van der Waals surface area (Å²) >= 11 is 0. The summed E-state index contributed by atoms with van der Waals surface area (Å²) in [6.45, 7) is 8.01. The second kappa shape index (κ2) is 8.41. The molecule has 0 amide bonds. The van der Waals surface area contributed by atoms with Crippen LogP contribution < -0.4 is 5.32 Å². The minimum Gasteiger partial charge on any atom is -0.313 e. The van der Waals surface area contributed by atoms with Gasteiger partial charge in [-0.25, -0.2) is 0 Å². The zero-order valence-corrected chi connectivity index (χ0v) is 14.9. The van der Waals surface area contributed by atoms with E-state index >= 15 is 0 Å². The Hall–Kier alpha value is -1.71. The maximum absolute atomic E-state index is 4.12. The third kappa shape index (κ3) is 4.43. The molecule has 24 heavy (non-hydrogen) atoms. The van der Waals surface area contributed by atoms with Gasteiger partial charge in [-0.1, -0.05) is 37.3 Å². The predicted molar refractivity (Wildman–Crippen MR) is 100 cm³/mol. The van der Waals surface area contributed by atoms with Gasteiger partial charge in [0.05, 0.1) is 0 Å². The second-order valence-electron chi connectivity index (χ2n) is 6.99. The average molecular weight is 323 g/mol. The van der Waals surface area contributed by atoms with E-state index in [0.29, 0.717) is 18.0 Å². The zero-order chi connectivity index (χ0) is 16.8. The van der Waals surface area contributed by atoms with Crippen LogP contribution in [0.1, 0.15) is 49.8 Å². The van der Waals surface area contributed by atoms with E-state index in [1.54, 1.807) is 0 Å². The van der Waals surface area contributed by atoms with Crippen molar-refractivity contribution in [2.24, 2.45) is 0 Å². The monoisotopic (exact) mass is 323 g/mol. The van der Waals surface area contributed by atoms with Gasteiger partial charge in [-0.05, 0) is 48.9 Å². The Morgan fingerprint density at radius 2 is 1.67 bits per heavy atom. The summed E-state index contributed by atoms with van der Waals surface area (Å²) in [5.41, 5.74) is 2.79. The van der Waals surface area contributed by atoms with Crippen LogP contribution in [-0.4, -0.2) is 35.6 Å². The average Bonchev–Trinajstić information content (AvgIpc) is 2.67. The predicted octanol–water partition coefficient (Wildman–Crippen LogP) is 4.00. The first-order valence-electron chi connectivity index (χ1n) is 9.16. The molecule has 0 unspecified atom stereocenters. The molecule has 1 saturated heterocycles. The molecule has 1 aliphatic heterocycles. The lowest BCUT2D eigenvalue weighted by Crippen LogP contribution is -2.44. The summed E-state index contributed by atoms with van der Waals surface area (Å²) in [6.07, 6.45) is 6.25. The van der Waals surface area contributed by atoms with E-state index in [-0.39, 0.29) is 0 Å². The van der Waals surface area contributed by atoms with Gasteiger partial charge in [0, 0.05) is 44.1 Å². The Balaban J connectivity index is 1.44. The summed E-state index contributed by atoms with van der Waals surface area (Å²) in [4.78, 5) is 6.71. The molecule has 128 valence electrons. The van der Waals surface area contributed by atoms with Gasteiger partial charge in [-0.15, -0.1) is 0 Å². The van der Waals surface area contributed by atoms with Crippen LogP contribution in [-0.2, 0) is 0 Å². The number of benzene rings is 1. The molecule has 1 aromatic heterocycles. The summed E-state index contributed by atoms with van der Waals surface area (Å²) in [7, 11) is 0. The van der Waals surface area contributed by atoms with Gasteiger partial charge >= 0.3 is 0 Å². The number of piperidine rings is 1. The van der Waals surface area contributed by atoms with E-state index in [2.05, 4.69) is 71.5 Å². The summed E-state index contributed by atoms with van der Waals surface area (Å²) in [5.74, 6) is 0.569. The highest BCUT2D eigenvalue weighted by molar-refractivity contribution is 5.19. The normalized spacial score (nSPS) is 19.1. The quantitative estimate of drug-likeness (QED) is 0.871. The van der Waals surface area contributed by atoms with E-state index in [1.807, 2.05) is 12.4 Å². The number of hydrogen-bond donors (Lipinski definition) is 1. The molecule has 2 heterocycles. The van der Waals surface area contributed by atoms with Crippen LogP contribution >= 0.6 is 0 Å². The van der Waals surface area contributed by atoms with Crippen molar-refractivity contribution in [2.75, 3.05) is 19.6 Å². The molecule has 0 aliphatic carbocycles. The molecule has 0 bridgehead atoms. The lowest BCUT2D eigenvalue weighted by Gasteiger charge is -2.37. The number of aromatic nitrogens is 1. The first-order valence-corrected chi connectivity index (χ1v) is 9.16. The largest absolute Gasteiger partial charge is 0.313 e. The van der Waals surface area contributed by atoms with Gasteiger partial charge in [0.25, 0.3) is 0 Å². The van der Waals surface area contributed by atoms with Crippen molar-refractivity contribution in [1.82, 2.24) is 15.2 Å². The van der Waals surface area contributed by atoms with E-state index < -0.39 is 0 Å². The molecular weight excluding hydrogens is 294 g/mol. The van der Waals surface area contributed by atoms with Crippen LogP contribution in [0.5, 0.6) is 0 Å². The number of pyridine rings is 1. The summed E-state index contributed by atoms with van der Waals surface area (Å²) in [6, 6.07) is 16.2. The maximum atomic E-state index is 4.12. The number of nitrogens with zero attached hydrogens (tertiary/aromatic N) is 2. The summed E-state index contributed by atoms with van der Waals surface area (Å²) < 4.78 is 0. The molecule has 3 heteroatoms. The highest BCUT2D eigenvalue weighted by Crippen LogP contribution is 2.24. The molecule has 0 saturated carbocycles. The highest BCUT2D eigenvalue weighted by atomic mass is 15.2. The summed E-state index contributed by atoms with van der Waals surface area (Å²) in [5, 5.41) is 3.78. The van der Waals surface area contributed by atoms with Crippen LogP contribution in [0.2, 0.25) is 0 Å². The molecule has 2 atom stereocenters. The van der Waals surface area contributed by atoms with E-state index in [9.17, 15) is 0 Å². The molecule has 1 N–H and O–H groups in total. The first-order chi connectivity index (χ1) is 11.7. The van der Waals surface area contributed by atoms with E-state index in [0.717, 1.165) is 6.54 Å². The molecule has 1 aromatic carbocycles. The molecular formula is C21H29N3. The fourth-order valence-electron chi connectivity index (χ4n) is 3.59. The van der Waals surface area contributed by atoms with Crippen LogP contribution in [0.4, 0.5) is 0 Å². The van der Waals surface area contributed by atoms with Crippen molar-refractivity contribution < 1.29 is 0 Å². The standard InChI is InChI=1S/C21H29N3/c1-17(19-6-4-3-5-7-19)16-23-21-10-14-24(15-11-21)18(2)20-8-12-22-13-9-20/h3-9,12-13,17-18,21,23H,10-11,14-16H2,1-2H3/t17-,18+/m1/s1. The Labute approximate surface area is 146 Å². The number of rotatable bonds is 6. The van der Waals surface area contributed by atoms with Crippen molar-refractivity contribution in [1.29, 1.82) is 0 Å². The fraction of sp³-hybridized carbons (Fsp3) is 0.476. The lowest BCUT2D eigenvalue weighted by molar-refractivity contribution is 0.152. The van der Waals surface area contributed by atoms with Gasteiger partial charge in [0.15, 0.2) is 0 Å². The lowest BCUT2D eigenvalue weighted by atomic mass is 9.98. The Kier molecular flexibility index (Phi) is 6.00. The molecule has 2 aromatic rings. The van der Waals surface area contributed by atoms with Crippen molar-refractivity contribution in [3.05, 3.63) is 66.0 Å². The first kappa shape index (κ1) is 17.1. The van der Waals surface area contributed by atoms with Crippen LogP contribution in [0.15, 0.2) is 54.9 Å². The third-order valence-electron chi connectivity index (χ3n) is 5.35.